The van der Waals surface area contributed by atoms with Gasteiger partial charge in [-0.05, 0) is 50.4 Å². The minimum atomic E-state index is -3.21. The minimum absolute atomic E-state index is 0. The molecule has 0 aromatic heterocycles. The molecule has 2 aromatic rings. The molecule has 0 fully saturated rings. The van der Waals surface area contributed by atoms with E-state index in [2.05, 4.69) is 10.6 Å². The molecule has 142 valence electrons. The summed E-state index contributed by atoms with van der Waals surface area (Å²) in [6.45, 7) is 2.53. The molecule has 2 rings (SSSR count). The molecule has 26 heavy (non-hydrogen) atoms. The van der Waals surface area contributed by atoms with E-state index in [9.17, 15) is 13.2 Å². The number of hydrogen-bond donors (Lipinski definition) is 2. The summed E-state index contributed by atoms with van der Waals surface area (Å²) in [5, 5.41) is 5.99. The van der Waals surface area contributed by atoms with Gasteiger partial charge in [0.1, 0.15) is 0 Å². The first-order chi connectivity index (χ1) is 11.8. The number of rotatable bonds is 7. The molecule has 0 aliphatic carbocycles. The third kappa shape index (κ3) is 6.32. The van der Waals surface area contributed by atoms with Gasteiger partial charge >= 0.3 is 0 Å². The van der Waals surface area contributed by atoms with Gasteiger partial charge in [-0.3, -0.25) is 4.79 Å². The quantitative estimate of drug-likeness (QED) is 0.728. The van der Waals surface area contributed by atoms with Crippen LogP contribution in [-0.4, -0.2) is 40.2 Å². The second kappa shape index (κ2) is 9.97. The number of benzene rings is 2. The average molecular weight is 415 g/mol. The van der Waals surface area contributed by atoms with Gasteiger partial charge in [-0.15, -0.1) is 12.4 Å². The summed E-state index contributed by atoms with van der Waals surface area (Å²) in [6, 6.07) is 14.2. The molecule has 8 heteroatoms. The third-order valence-electron chi connectivity index (χ3n) is 3.67. The maximum atomic E-state index is 12.4. The normalized spacial score (nSPS) is 12.1. The second-order valence-electron chi connectivity index (χ2n) is 5.74. The fourth-order valence-electron chi connectivity index (χ4n) is 2.07. The minimum Gasteiger partial charge on any atom is -0.350 e. The Morgan fingerprint density at radius 1 is 1.12 bits per heavy atom. The highest BCUT2D eigenvalue weighted by molar-refractivity contribution is 7.99. The van der Waals surface area contributed by atoms with Gasteiger partial charge in [-0.2, -0.15) is 0 Å². The van der Waals surface area contributed by atoms with E-state index < -0.39 is 9.84 Å². The molecule has 1 atom stereocenters. The Labute approximate surface area is 165 Å². The summed E-state index contributed by atoms with van der Waals surface area (Å²) in [5.41, 5.74) is 0.600. The van der Waals surface area contributed by atoms with Gasteiger partial charge in [0.15, 0.2) is 9.84 Å². The monoisotopic (exact) mass is 414 g/mol. The highest BCUT2D eigenvalue weighted by Gasteiger charge is 2.13. The summed E-state index contributed by atoms with van der Waals surface area (Å²) in [4.78, 5) is 14.4. The topological polar surface area (TPSA) is 75.3 Å². The van der Waals surface area contributed by atoms with E-state index in [1.54, 1.807) is 30.3 Å². The number of carbonyl (C=O) groups excluding carboxylic acids is 1. The van der Waals surface area contributed by atoms with Crippen molar-refractivity contribution >= 4 is 39.9 Å². The van der Waals surface area contributed by atoms with Crippen molar-refractivity contribution in [3.63, 3.8) is 0 Å². The van der Waals surface area contributed by atoms with Gasteiger partial charge in [-0.25, -0.2) is 8.42 Å². The lowest BCUT2D eigenvalue weighted by Gasteiger charge is -2.13. The highest BCUT2D eigenvalue weighted by atomic mass is 35.5. The maximum Gasteiger partial charge on any atom is 0.252 e. The molecule has 0 bridgehead atoms. The molecule has 0 radical (unpaired) electrons. The zero-order chi connectivity index (χ0) is 18.4. The Kier molecular flexibility index (Phi) is 8.62. The molecule has 0 spiro atoms. The average Bonchev–Trinajstić information content (AvgIpc) is 2.59. The van der Waals surface area contributed by atoms with Crippen molar-refractivity contribution in [3.05, 3.63) is 54.1 Å². The summed E-state index contributed by atoms with van der Waals surface area (Å²) in [6.07, 6.45) is 1.18. The molecule has 0 saturated heterocycles. The van der Waals surface area contributed by atoms with E-state index >= 15 is 0 Å². The highest BCUT2D eigenvalue weighted by Crippen LogP contribution is 2.31. The summed E-state index contributed by atoms with van der Waals surface area (Å²) in [7, 11) is -1.36. The second-order valence-corrected chi connectivity index (χ2v) is 8.87. The Morgan fingerprint density at radius 3 is 2.31 bits per heavy atom. The molecule has 5 nitrogen and oxygen atoms in total. The van der Waals surface area contributed by atoms with Crippen molar-refractivity contribution in [2.24, 2.45) is 0 Å². The third-order valence-corrected chi connectivity index (χ3v) is 5.89. The van der Waals surface area contributed by atoms with Crippen molar-refractivity contribution in [3.8, 4) is 0 Å². The fraction of sp³-hybridized carbons (Fsp3) is 0.278. The number of likely N-dealkylation sites (N-methyl/N-ethyl adjacent to an activating group) is 1. The van der Waals surface area contributed by atoms with Crippen molar-refractivity contribution in [2.75, 3.05) is 19.8 Å². The van der Waals surface area contributed by atoms with Crippen LogP contribution in [0.1, 0.15) is 17.3 Å². The van der Waals surface area contributed by atoms with Crippen LogP contribution in [0.2, 0.25) is 0 Å². The Morgan fingerprint density at radius 2 is 1.73 bits per heavy atom. The predicted octanol–water partition coefficient (Wildman–Crippen LogP) is 3.00. The predicted molar refractivity (Wildman–Crippen MR) is 108 cm³/mol. The molecule has 0 saturated carbocycles. The molecule has 2 N–H and O–H groups in total. The van der Waals surface area contributed by atoms with Gasteiger partial charge in [0.2, 0.25) is 0 Å². The number of nitrogens with one attached hydrogen (secondary N) is 2. The summed E-state index contributed by atoms with van der Waals surface area (Å²) in [5.74, 6) is -0.127. The first kappa shape index (κ1) is 22.5. The lowest BCUT2D eigenvalue weighted by molar-refractivity contribution is 0.0947. The van der Waals surface area contributed by atoms with Crippen molar-refractivity contribution in [1.82, 2.24) is 10.6 Å². The molecule has 0 aliphatic rings. The maximum absolute atomic E-state index is 12.4. The summed E-state index contributed by atoms with van der Waals surface area (Å²) < 4.78 is 23.1. The van der Waals surface area contributed by atoms with Gasteiger partial charge in [0.05, 0.1) is 10.5 Å². The Hall–Kier alpha value is -1.54. The molecule has 1 unspecified atom stereocenters. The van der Waals surface area contributed by atoms with E-state index in [4.69, 9.17) is 0 Å². The first-order valence-corrected chi connectivity index (χ1v) is 10.5. The molecule has 0 aliphatic heterocycles. The van der Waals surface area contributed by atoms with Crippen LogP contribution in [0.4, 0.5) is 0 Å². The number of carbonyl (C=O) groups is 1. The SMILES string of the molecule is CNC(C)CNC(=O)c1ccccc1Sc1ccc(S(C)(=O)=O)cc1.Cl. The summed E-state index contributed by atoms with van der Waals surface area (Å²) >= 11 is 1.43. The van der Waals surface area contributed by atoms with Gasteiger partial charge in [-0.1, -0.05) is 23.9 Å². The zero-order valence-corrected chi connectivity index (χ0v) is 17.3. The van der Waals surface area contributed by atoms with Crippen LogP contribution in [0, 0.1) is 0 Å². The van der Waals surface area contributed by atoms with Crippen LogP contribution in [0.5, 0.6) is 0 Å². The Balaban J connectivity index is 0.00000338. The fourth-order valence-corrected chi connectivity index (χ4v) is 3.64. The standard InChI is InChI=1S/C18H22N2O3S2.ClH/c1-13(19-2)12-20-18(21)16-6-4-5-7-17(16)24-14-8-10-15(11-9-14)25(3,22)23;/h4-11,13,19H,12H2,1-3H3,(H,20,21);1H. The largest absolute Gasteiger partial charge is 0.350 e. The van der Waals surface area contributed by atoms with Gasteiger partial charge in [0, 0.05) is 28.6 Å². The van der Waals surface area contributed by atoms with Gasteiger partial charge < -0.3 is 10.6 Å². The number of halogens is 1. The molecular weight excluding hydrogens is 392 g/mol. The lowest BCUT2D eigenvalue weighted by Crippen LogP contribution is -2.37. The number of sulfone groups is 1. The Bertz CT molecular complexity index is 840. The first-order valence-electron chi connectivity index (χ1n) is 7.83. The van der Waals surface area contributed by atoms with Crippen LogP contribution in [0.25, 0.3) is 0 Å². The molecule has 1 amide bonds. The number of hydrogen-bond acceptors (Lipinski definition) is 5. The van der Waals surface area contributed by atoms with E-state index in [0.717, 1.165) is 9.79 Å². The smallest absolute Gasteiger partial charge is 0.252 e. The molecular formula is C18H23ClN2O3S2. The molecule has 0 heterocycles. The van der Waals surface area contributed by atoms with E-state index in [0.29, 0.717) is 12.1 Å². The zero-order valence-electron chi connectivity index (χ0n) is 14.9. The van der Waals surface area contributed by atoms with Crippen molar-refractivity contribution in [2.45, 2.75) is 27.7 Å². The van der Waals surface area contributed by atoms with Gasteiger partial charge in [0.25, 0.3) is 5.91 Å². The van der Waals surface area contributed by atoms with E-state index in [1.165, 1.54) is 18.0 Å². The molecule has 2 aromatic carbocycles. The van der Waals surface area contributed by atoms with Crippen LogP contribution in [0.15, 0.2) is 63.2 Å². The van der Waals surface area contributed by atoms with Crippen molar-refractivity contribution in [1.29, 1.82) is 0 Å². The van der Waals surface area contributed by atoms with Crippen LogP contribution in [-0.2, 0) is 9.84 Å². The van der Waals surface area contributed by atoms with E-state index in [-0.39, 0.29) is 29.3 Å². The van der Waals surface area contributed by atoms with Crippen molar-refractivity contribution < 1.29 is 13.2 Å². The van der Waals surface area contributed by atoms with Crippen LogP contribution in [0.3, 0.4) is 0 Å². The number of amides is 1. The van der Waals surface area contributed by atoms with E-state index in [1.807, 2.05) is 32.2 Å². The van der Waals surface area contributed by atoms with Crippen LogP contribution < -0.4 is 10.6 Å². The lowest BCUT2D eigenvalue weighted by atomic mass is 10.2. The van der Waals surface area contributed by atoms with Crippen LogP contribution >= 0.6 is 24.2 Å².